The second kappa shape index (κ2) is 7.70. The van der Waals surface area contributed by atoms with Crippen LogP contribution >= 0.6 is 23.5 Å². The minimum atomic E-state index is 0.493. The van der Waals surface area contributed by atoms with Crippen molar-refractivity contribution >= 4 is 23.5 Å². The summed E-state index contributed by atoms with van der Waals surface area (Å²) in [5.74, 6) is 6.51. The highest BCUT2D eigenvalue weighted by molar-refractivity contribution is 8.15. The number of benzene rings is 1. The lowest BCUT2D eigenvalue weighted by molar-refractivity contribution is 0.983. The van der Waals surface area contributed by atoms with E-state index in [1.165, 1.54) is 11.1 Å². The van der Waals surface area contributed by atoms with Crippen molar-refractivity contribution in [1.82, 2.24) is 0 Å². The molecule has 0 unspecified atom stereocenters. The quantitative estimate of drug-likeness (QED) is 0.567. The fourth-order valence-electron chi connectivity index (χ4n) is 1.45. The Bertz CT molecular complexity index is 370. The van der Waals surface area contributed by atoms with E-state index in [1.54, 1.807) is 0 Å². The number of thioether (sulfide) groups is 2. The van der Waals surface area contributed by atoms with Crippen LogP contribution in [0.2, 0.25) is 0 Å². The minimum absolute atomic E-state index is 0.493. The summed E-state index contributed by atoms with van der Waals surface area (Å²) in [4.78, 5) is 0. The topological polar surface area (TPSA) is 0 Å². The maximum atomic E-state index is 3.29. The van der Waals surface area contributed by atoms with Gasteiger partial charge in [0.2, 0.25) is 0 Å². The maximum Gasteiger partial charge on any atom is 0.0757 e. The third-order valence-electron chi connectivity index (χ3n) is 2.24. The molecule has 86 valence electrons. The lowest BCUT2D eigenvalue weighted by Crippen LogP contribution is -1.92. The van der Waals surface area contributed by atoms with E-state index in [9.17, 15) is 0 Å². The average Bonchev–Trinajstić information content (AvgIpc) is 2.33. The summed E-state index contributed by atoms with van der Waals surface area (Å²) in [5.41, 5.74) is 2.54. The molecule has 0 amide bonds. The van der Waals surface area contributed by atoms with Gasteiger partial charge in [0.05, 0.1) is 4.58 Å². The number of hydrogen-bond donors (Lipinski definition) is 0. The van der Waals surface area contributed by atoms with Gasteiger partial charge >= 0.3 is 0 Å². The molecule has 0 fully saturated rings. The standard InChI is InChI=1S/C14H18S2/c1-4-5-6-9-12-10-7-8-11-13(12)14(15-2)16-3/h7-8,10-11,14H,4-5H2,1-3H3. The molecule has 0 aromatic heterocycles. The Morgan fingerprint density at radius 2 is 1.88 bits per heavy atom. The Kier molecular flexibility index (Phi) is 6.52. The second-order valence-electron chi connectivity index (χ2n) is 3.44. The van der Waals surface area contributed by atoms with Crippen LogP contribution < -0.4 is 0 Å². The molecule has 0 saturated carbocycles. The molecule has 0 atom stereocenters. The largest absolute Gasteiger partial charge is 0.146 e. The molecule has 0 saturated heterocycles. The van der Waals surface area contributed by atoms with Gasteiger partial charge < -0.3 is 0 Å². The van der Waals surface area contributed by atoms with E-state index in [4.69, 9.17) is 0 Å². The lowest BCUT2D eigenvalue weighted by Gasteiger charge is -2.13. The van der Waals surface area contributed by atoms with Gasteiger partial charge in [-0.1, -0.05) is 37.0 Å². The van der Waals surface area contributed by atoms with Crippen molar-refractivity contribution in [3.63, 3.8) is 0 Å². The molecule has 0 aliphatic rings. The highest BCUT2D eigenvalue weighted by Gasteiger charge is 2.10. The van der Waals surface area contributed by atoms with E-state index in [0.29, 0.717) is 4.58 Å². The minimum Gasteiger partial charge on any atom is -0.146 e. The van der Waals surface area contributed by atoms with Crippen LogP contribution in [0, 0.1) is 11.8 Å². The maximum absolute atomic E-state index is 3.29. The molecule has 0 radical (unpaired) electrons. The van der Waals surface area contributed by atoms with Crippen LogP contribution in [0.25, 0.3) is 0 Å². The Morgan fingerprint density at radius 3 is 2.50 bits per heavy atom. The van der Waals surface area contributed by atoms with Crippen molar-refractivity contribution in [2.45, 2.75) is 24.3 Å². The lowest BCUT2D eigenvalue weighted by atomic mass is 10.1. The van der Waals surface area contributed by atoms with Crippen LogP contribution in [0.3, 0.4) is 0 Å². The molecular weight excluding hydrogens is 232 g/mol. The fraction of sp³-hybridized carbons (Fsp3) is 0.429. The zero-order valence-electron chi connectivity index (χ0n) is 10.1. The molecule has 1 rings (SSSR count). The molecule has 0 spiro atoms. The smallest absolute Gasteiger partial charge is 0.0757 e. The first kappa shape index (κ1) is 13.5. The molecule has 0 heterocycles. The van der Waals surface area contributed by atoms with Crippen LogP contribution in [0.1, 0.15) is 35.5 Å². The van der Waals surface area contributed by atoms with E-state index in [-0.39, 0.29) is 0 Å². The Balaban J connectivity index is 2.96. The van der Waals surface area contributed by atoms with Gasteiger partial charge in [-0.05, 0) is 30.6 Å². The van der Waals surface area contributed by atoms with Crippen LogP contribution in [0.15, 0.2) is 24.3 Å². The zero-order chi connectivity index (χ0) is 11.8. The number of rotatable bonds is 4. The predicted octanol–water partition coefficient (Wildman–Crippen LogP) is 4.56. The van der Waals surface area contributed by atoms with Gasteiger partial charge in [0.25, 0.3) is 0 Å². The predicted molar refractivity (Wildman–Crippen MR) is 78.0 cm³/mol. The molecule has 16 heavy (non-hydrogen) atoms. The first-order valence-electron chi connectivity index (χ1n) is 5.46. The molecule has 0 nitrogen and oxygen atoms in total. The Labute approximate surface area is 108 Å². The van der Waals surface area contributed by atoms with Crippen LogP contribution in [-0.4, -0.2) is 12.5 Å². The molecule has 1 aromatic carbocycles. The summed E-state index contributed by atoms with van der Waals surface area (Å²) in [7, 11) is 0. The summed E-state index contributed by atoms with van der Waals surface area (Å²) in [6.45, 7) is 2.16. The number of unbranched alkanes of at least 4 members (excludes halogenated alkanes) is 1. The van der Waals surface area contributed by atoms with Gasteiger partial charge in [-0.25, -0.2) is 0 Å². The van der Waals surface area contributed by atoms with Gasteiger partial charge in [0.1, 0.15) is 0 Å². The van der Waals surface area contributed by atoms with Crippen molar-refractivity contribution in [2.75, 3.05) is 12.5 Å². The Hall–Kier alpha value is -0.520. The highest BCUT2D eigenvalue weighted by atomic mass is 32.2. The van der Waals surface area contributed by atoms with E-state index in [0.717, 1.165) is 12.8 Å². The molecule has 2 heteroatoms. The van der Waals surface area contributed by atoms with Gasteiger partial charge in [0, 0.05) is 12.0 Å². The third kappa shape index (κ3) is 3.81. The first-order valence-corrected chi connectivity index (χ1v) is 8.04. The summed E-state index contributed by atoms with van der Waals surface area (Å²) in [6.07, 6.45) is 6.41. The SMILES string of the molecule is CCCC#Cc1ccccc1C(SC)SC. The van der Waals surface area contributed by atoms with Crippen LogP contribution in [0.5, 0.6) is 0 Å². The third-order valence-corrected chi connectivity index (χ3v) is 4.76. The Morgan fingerprint density at radius 1 is 1.19 bits per heavy atom. The van der Waals surface area contributed by atoms with Gasteiger partial charge in [-0.2, -0.15) is 0 Å². The van der Waals surface area contributed by atoms with Crippen molar-refractivity contribution in [1.29, 1.82) is 0 Å². The van der Waals surface area contributed by atoms with E-state index in [1.807, 2.05) is 23.5 Å². The first-order chi connectivity index (χ1) is 7.83. The van der Waals surface area contributed by atoms with Gasteiger partial charge in [0.15, 0.2) is 0 Å². The normalized spacial score (nSPS) is 10.0. The van der Waals surface area contributed by atoms with Gasteiger partial charge in [-0.3, -0.25) is 0 Å². The van der Waals surface area contributed by atoms with Crippen LogP contribution in [-0.2, 0) is 0 Å². The summed E-state index contributed by atoms with van der Waals surface area (Å²) in [6, 6.07) is 8.47. The average molecular weight is 250 g/mol. The van der Waals surface area contributed by atoms with Crippen molar-refractivity contribution in [3.05, 3.63) is 35.4 Å². The van der Waals surface area contributed by atoms with Crippen molar-refractivity contribution in [2.24, 2.45) is 0 Å². The number of hydrogen-bond acceptors (Lipinski definition) is 2. The molecule has 1 aromatic rings. The van der Waals surface area contributed by atoms with Gasteiger partial charge in [-0.15, -0.1) is 23.5 Å². The monoisotopic (exact) mass is 250 g/mol. The van der Waals surface area contributed by atoms with E-state index < -0.39 is 0 Å². The molecule has 0 aliphatic carbocycles. The highest BCUT2D eigenvalue weighted by Crippen LogP contribution is 2.37. The summed E-state index contributed by atoms with van der Waals surface area (Å²) < 4.78 is 0.493. The zero-order valence-corrected chi connectivity index (χ0v) is 11.8. The summed E-state index contributed by atoms with van der Waals surface area (Å²) >= 11 is 3.74. The van der Waals surface area contributed by atoms with Crippen LogP contribution in [0.4, 0.5) is 0 Å². The van der Waals surface area contributed by atoms with E-state index >= 15 is 0 Å². The summed E-state index contributed by atoms with van der Waals surface area (Å²) in [5, 5.41) is 0. The van der Waals surface area contributed by atoms with Crippen molar-refractivity contribution in [3.8, 4) is 11.8 Å². The van der Waals surface area contributed by atoms with E-state index in [2.05, 4.69) is 55.5 Å². The van der Waals surface area contributed by atoms with Crippen molar-refractivity contribution < 1.29 is 0 Å². The molecule has 0 bridgehead atoms. The molecule has 0 N–H and O–H groups in total. The molecular formula is C14H18S2. The molecule has 0 aliphatic heterocycles. The fourth-order valence-corrected chi connectivity index (χ4v) is 3.14. The second-order valence-corrected chi connectivity index (χ2v) is 5.63.